The molecule has 2 aromatic carbocycles. The van der Waals surface area contributed by atoms with Gasteiger partial charge in [-0.1, -0.05) is 37.3 Å². The summed E-state index contributed by atoms with van der Waals surface area (Å²) < 4.78 is 37.9. The van der Waals surface area contributed by atoms with Gasteiger partial charge in [0, 0.05) is 5.56 Å². The SMILES string of the molecule is CCc1nn(-c2ccc(C(F)(F)F)cc2)nc1-c1ccccc1. The van der Waals surface area contributed by atoms with Gasteiger partial charge in [-0.3, -0.25) is 0 Å². The monoisotopic (exact) mass is 317 g/mol. The number of alkyl halides is 3. The molecule has 0 saturated heterocycles. The van der Waals surface area contributed by atoms with E-state index in [0.29, 0.717) is 12.1 Å². The second-order valence-corrected chi connectivity index (χ2v) is 5.05. The second-order valence-electron chi connectivity index (χ2n) is 5.05. The van der Waals surface area contributed by atoms with E-state index in [9.17, 15) is 13.2 Å². The van der Waals surface area contributed by atoms with Gasteiger partial charge in [0.2, 0.25) is 0 Å². The topological polar surface area (TPSA) is 30.7 Å². The lowest BCUT2D eigenvalue weighted by Gasteiger charge is -2.06. The Labute approximate surface area is 131 Å². The molecule has 0 N–H and O–H groups in total. The molecule has 0 spiro atoms. The third-order valence-electron chi connectivity index (χ3n) is 3.49. The Morgan fingerprint density at radius 2 is 1.57 bits per heavy atom. The molecule has 0 unspecified atom stereocenters. The van der Waals surface area contributed by atoms with Crippen molar-refractivity contribution in [2.75, 3.05) is 0 Å². The number of halogens is 3. The third kappa shape index (κ3) is 3.11. The fourth-order valence-electron chi connectivity index (χ4n) is 2.29. The first-order chi connectivity index (χ1) is 11.0. The average molecular weight is 317 g/mol. The van der Waals surface area contributed by atoms with Crippen molar-refractivity contribution in [2.24, 2.45) is 0 Å². The molecule has 3 nitrogen and oxygen atoms in total. The molecule has 3 aromatic rings. The fourth-order valence-corrected chi connectivity index (χ4v) is 2.29. The van der Waals surface area contributed by atoms with Crippen molar-refractivity contribution < 1.29 is 13.2 Å². The van der Waals surface area contributed by atoms with Crippen LogP contribution in [0.4, 0.5) is 13.2 Å². The van der Waals surface area contributed by atoms with Crippen LogP contribution in [0.1, 0.15) is 18.2 Å². The van der Waals surface area contributed by atoms with Crippen LogP contribution >= 0.6 is 0 Å². The van der Waals surface area contributed by atoms with Crippen LogP contribution in [-0.2, 0) is 12.6 Å². The van der Waals surface area contributed by atoms with Crippen LogP contribution in [0.2, 0.25) is 0 Å². The van der Waals surface area contributed by atoms with Gasteiger partial charge >= 0.3 is 6.18 Å². The maximum atomic E-state index is 12.6. The summed E-state index contributed by atoms with van der Waals surface area (Å²) in [6.07, 6.45) is -3.66. The minimum atomic E-state index is -4.35. The number of hydrogen-bond donors (Lipinski definition) is 0. The van der Waals surface area contributed by atoms with Gasteiger partial charge < -0.3 is 0 Å². The largest absolute Gasteiger partial charge is 0.416 e. The number of nitrogens with zero attached hydrogens (tertiary/aromatic N) is 3. The Balaban J connectivity index is 2.00. The van der Waals surface area contributed by atoms with E-state index in [2.05, 4.69) is 10.2 Å². The van der Waals surface area contributed by atoms with Crippen LogP contribution in [0.5, 0.6) is 0 Å². The molecule has 0 aliphatic heterocycles. The van der Waals surface area contributed by atoms with Crippen LogP contribution in [0, 0.1) is 0 Å². The van der Waals surface area contributed by atoms with Crippen molar-refractivity contribution in [3.63, 3.8) is 0 Å². The molecular formula is C17H14F3N3. The molecule has 0 radical (unpaired) electrons. The molecule has 23 heavy (non-hydrogen) atoms. The Bertz CT molecular complexity index is 790. The minimum Gasteiger partial charge on any atom is -0.166 e. The standard InChI is InChI=1S/C17H14F3N3/c1-2-15-16(12-6-4-3-5-7-12)22-23(21-15)14-10-8-13(9-11-14)17(18,19)20/h3-11H,2H2,1H3. The molecule has 0 bridgehead atoms. The average Bonchev–Trinajstić information content (AvgIpc) is 2.99. The Hall–Kier alpha value is -2.63. The summed E-state index contributed by atoms with van der Waals surface area (Å²) in [7, 11) is 0. The molecule has 118 valence electrons. The molecule has 0 amide bonds. The summed E-state index contributed by atoms with van der Waals surface area (Å²) in [6.45, 7) is 1.97. The summed E-state index contributed by atoms with van der Waals surface area (Å²) in [5, 5.41) is 8.83. The number of hydrogen-bond acceptors (Lipinski definition) is 2. The highest BCUT2D eigenvalue weighted by atomic mass is 19.4. The van der Waals surface area contributed by atoms with E-state index < -0.39 is 11.7 Å². The smallest absolute Gasteiger partial charge is 0.166 e. The van der Waals surface area contributed by atoms with Crippen molar-refractivity contribution in [3.8, 4) is 16.9 Å². The first-order valence-electron chi connectivity index (χ1n) is 7.18. The van der Waals surface area contributed by atoms with E-state index in [4.69, 9.17) is 0 Å². The van der Waals surface area contributed by atoms with Gasteiger partial charge in [-0.15, -0.1) is 5.10 Å². The quantitative estimate of drug-likeness (QED) is 0.711. The van der Waals surface area contributed by atoms with Crippen molar-refractivity contribution in [3.05, 3.63) is 65.9 Å². The molecule has 0 atom stereocenters. The van der Waals surface area contributed by atoms with Crippen LogP contribution in [0.15, 0.2) is 54.6 Å². The molecule has 1 heterocycles. The summed E-state index contributed by atoms with van der Waals surface area (Å²) >= 11 is 0. The van der Waals surface area contributed by atoms with Crippen molar-refractivity contribution >= 4 is 0 Å². The first-order valence-corrected chi connectivity index (χ1v) is 7.18. The predicted octanol–water partition coefficient (Wildman–Crippen LogP) is 4.52. The lowest BCUT2D eigenvalue weighted by Crippen LogP contribution is -2.06. The van der Waals surface area contributed by atoms with E-state index >= 15 is 0 Å². The predicted molar refractivity (Wildman–Crippen MR) is 81.2 cm³/mol. The Morgan fingerprint density at radius 1 is 0.913 bits per heavy atom. The van der Waals surface area contributed by atoms with Gasteiger partial charge in [0.05, 0.1) is 16.9 Å². The van der Waals surface area contributed by atoms with E-state index in [1.807, 2.05) is 37.3 Å². The molecular weight excluding hydrogens is 303 g/mol. The summed E-state index contributed by atoms with van der Waals surface area (Å²) in [6, 6.07) is 14.4. The van der Waals surface area contributed by atoms with Crippen molar-refractivity contribution in [1.29, 1.82) is 0 Å². The van der Waals surface area contributed by atoms with Crippen LogP contribution in [0.3, 0.4) is 0 Å². The Kier molecular flexibility index (Phi) is 3.90. The molecule has 0 fully saturated rings. The molecule has 0 saturated carbocycles. The van der Waals surface area contributed by atoms with Crippen LogP contribution in [0.25, 0.3) is 16.9 Å². The maximum Gasteiger partial charge on any atom is 0.416 e. The number of aromatic nitrogens is 3. The van der Waals surface area contributed by atoms with E-state index in [1.165, 1.54) is 16.9 Å². The zero-order chi connectivity index (χ0) is 16.4. The van der Waals surface area contributed by atoms with Crippen LogP contribution < -0.4 is 0 Å². The number of aryl methyl sites for hydroxylation is 1. The lowest BCUT2D eigenvalue weighted by molar-refractivity contribution is -0.137. The van der Waals surface area contributed by atoms with Gasteiger partial charge in [-0.05, 0) is 30.7 Å². The van der Waals surface area contributed by atoms with Gasteiger partial charge in [-0.25, -0.2) is 0 Å². The fraction of sp³-hybridized carbons (Fsp3) is 0.176. The highest BCUT2D eigenvalue weighted by Gasteiger charge is 2.30. The molecule has 3 rings (SSSR count). The first kappa shape index (κ1) is 15.3. The van der Waals surface area contributed by atoms with Crippen LogP contribution in [-0.4, -0.2) is 15.0 Å². The normalized spacial score (nSPS) is 11.7. The van der Waals surface area contributed by atoms with Gasteiger partial charge in [-0.2, -0.15) is 23.1 Å². The number of benzene rings is 2. The summed E-state index contributed by atoms with van der Waals surface area (Å²) in [4.78, 5) is 1.38. The number of rotatable bonds is 3. The highest BCUT2D eigenvalue weighted by molar-refractivity contribution is 5.61. The second kappa shape index (κ2) is 5.87. The maximum absolute atomic E-state index is 12.6. The van der Waals surface area contributed by atoms with E-state index in [0.717, 1.165) is 29.1 Å². The van der Waals surface area contributed by atoms with Crippen molar-refractivity contribution in [1.82, 2.24) is 15.0 Å². The Morgan fingerprint density at radius 3 is 2.13 bits per heavy atom. The molecule has 0 aliphatic carbocycles. The minimum absolute atomic E-state index is 0.495. The molecule has 1 aromatic heterocycles. The van der Waals surface area contributed by atoms with Gasteiger partial charge in [0.1, 0.15) is 5.69 Å². The molecule has 6 heteroatoms. The van der Waals surface area contributed by atoms with E-state index in [1.54, 1.807) is 0 Å². The summed E-state index contributed by atoms with van der Waals surface area (Å²) in [5.41, 5.74) is 2.29. The zero-order valence-corrected chi connectivity index (χ0v) is 12.4. The highest BCUT2D eigenvalue weighted by Crippen LogP contribution is 2.29. The van der Waals surface area contributed by atoms with E-state index in [-0.39, 0.29) is 0 Å². The van der Waals surface area contributed by atoms with Gasteiger partial charge in [0.25, 0.3) is 0 Å². The summed E-state index contributed by atoms with van der Waals surface area (Å²) in [5.74, 6) is 0. The third-order valence-corrected chi connectivity index (χ3v) is 3.49. The zero-order valence-electron chi connectivity index (χ0n) is 12.4. The molecule has 0 aliphatic rings. The lowest BCUT2D eigenvalue weighted by atomic mass is 10.1. The van der Waals surface area contributed by atoms with Gasteiger partial charge in [0.15, 0.2) is 0 Å². The van der Waals surface area contributed by atoms with Crippen molar-refractivity contribution in [2.45, 2.75) is 19.5 Å².